The number of carbonyl (C=O) groups excluding carboxylic acids is 2. The van der Waals surface area contributed by atoms with Crippen LogP contribution in [-0.4, -0.2) is 49.3 Å². The molecule has 0 radical (unpaired) electrons. The number of hydrogen-bond donors (Lipinski definition) is 1. The number of benzene rings is 3. The van der Waals surface area contributed by atoms with Gasteiger partial charge in [0, 0.05) is 52.0 Å². The maximum absolute atomic E-state index is 14.2. The fraction of sp³-hybridized carbons (Fsp3) is 0.241. The number of alkyl halides is 6. The van der Waals surface area contributed by atoms with Gasteiger partial charge in [0.2, 0.25) is 0 Å². The van der Waals surface area contributed by atoms with Gasteiger partial charge in [-0.3, -0.25) is 9.59 Å². The summed E-state index contributed by atoms with van der Waals surface area (Å²) in [6.45, 7) is 1.18. The summed E-state index contributed by atoms with van der Waals surface area (Å²) in [5.74, 6) is -2.27. The van der Waals surface area contributed by atoms with Crippen molar-refractivity contribution < 1.29 is 45.1 Å². The van der Waals surface area contributed by atoms with Crippen molar-refractivity contribution in [3.8, 4) is 0 Å². The zero-order chi connectivity index (χ0) is 30.5. The molecule has 0 unspecified atom stereocenters. The monoisotopic (exact) mass is 612 g/mol. The van der Waals surface area contributed by atoms with Crippen LogP contribution in [0.1, 0.15) is 31.8 Å². The highest BCUT2D eigenvalue weighted by molar-refractivity contribution is 7.99. The van der Waals surface area contributed by atoms with E-state index in [1.54, 1.807) is 4.90 Å². The van der Waals surface area contributed by atoms with Crippen molar-refractivity contribution in [3.63, 3.8) is 0 Å². The van der Waals surface area contributed by atoms with E-state index in [2.05, 4.69) is 5.32 Å². The number of nitrogens with zero attached hydrogens (tertiary/aromatic N) is 1. The third-order valence-corrected chi connectivity index (χ3v) is 7.19. The molecule has 1 fully saturated rings. The quantitative estimate of drug-likeness (QED) is 0.155. The third kappa shape index (κ3) is 7.91. The van der Waals surface area contributed by atoms with E-state index < -0.39 is 51.3 Å². The number of morpholine rings is 1. The summed E-state index contributed by atoms with van der Waals surface area (Å²) >= 11 is 0.429. The molecule has 5 nitrogen and oxygen atoms in total. The Morgan fingerprint density at radius 3 is 2.26 bits per heavy atom. The van der Waals surface area contributed by atoms with Crippen LogP contribution >= 0.6 is 11.8 Å². The van der Waals surface area contributed by atoms with Crippen LogP contribution in [0.25, 0.3) is 0 Å². The Balaban J connectivity index is 1.62. The minimum absolute atomic E-state index is 0.108. The van der Waals surface area contributed by atoms with Gasteiger partial charge in [0.25, 0.3) is 0 Å². The van der Waals surface area contributed by atoms with Crippen molar-refractivity contribution in [1.29, 1.82) is 0 Å². The van der Waals surface area contributed by atoms with Crippen molar-refractivity contribution in [2.75, 3.05) is 38.2 Å². The number of hydrogen-bond acceptors (Lipinski definition) is 6. The fourth-order valence-corrected chi connectivity index (χ4v) is 5.22. The molecule has 1 saturated heterocycles. The first-order valence-corrected chi connectivity index (χ1v) is 13.3. The second-order valence-electron chi connectivity index (χ2n) is 9.10. The number of allylic oxidation sites excluding steroid dienone is 1. The van der Waals surface area contributed by atoms with Crippen LogP contribution in [-0.2, 0) is 17.1 Å². The van der Waals surface area contributed by atoms with Crippen LogP contribution in [0.15, 0.2) is 82.7 Å². The van der Waals surface area contributed by atoms with Crippen molar-refractivity contribution in [2.24, 2.45) is 0 Å². The number of carbonyl (C=O) groups is 2. The Bertz CT molecular complexity index is 1480. The smallest absolute Gasteiger partial charge is 0.378 e. The van der Waals surface area contributed by atoms with Gasteiger partial charge in [-0.05, 0) is 42.5 Å². The zero-order valence-corrected chi connectivity index (χ0v) is 22.5. The summed E-state index contributed by atoms with van der Waals surface area (Å²) in [5.41, 5.74) is -4.74. The van der Waals surface area contributed by atoms with Gasteiger partial charge in [-0.15, -0.1) is 0 Å². The molecule has 0 bridgehead atoms. The van der Waals surface area contributed by atoms with Crippen LogP contribution in [0.5, 0.6) is 0 Å². The first kappa shape index (κ1) is 31.1. The lowest BCUT2D eigenvalue weighted by Gasteiger charge is -2.25. The number of anilines is 1. The molecule has 1 aliphatic rings. The molecule has 3 aromatic rings. The molecule has 3 aromatic carbocycles. The van der Waals surface area contributed by atoms with Crippen molar-refractivity contribution in [1.82, 2.24) is 4.90 Å². The lowest BCUT2D eigenvalue weighted by molar-refractivity contribution is -0.163. The number of ketones is 2. The van der Waals surface area contributed by atoms with Crippen molar-refractivity contribution in [3.05, 3.63) is 101 Å². The summed E-state index contributed by atoms with van der Waals surface area (Å²) in [6, 6.07) is 12.3. The summed E-state index contributed by atoms with van der Waals surface area (Å²) in [5, 5.41) is 2.78. The highest BCUT2D eigenvalue weighted by Crippen LogP contribution is 2.48. The Morgan fingerprint density at radius 1 is 0.905 bits per heavy atom. The SMILES string of the molecule is O=C(CNc1cccc(Sc2ccc(C(=O)C=CN3CCOCC3)c(C(F)(F)F)c2C(F)(F)F)c1)c1cccc(F)c1. The molecule has 1 aliphatic heterocycles. The number of halogens is 7. The van der Waals surface area contributed by atoms with Gasteiger partial charge in [0.05, 0.1) is 30.9 Å². The van der Waals surface area contributed by atoms with Crippen molar-refractivity contribution in [2.45, 2.75) is 22.1 Å². The van der Waals surface area contributed by atoms with E-state index in [0.29, 0.717) is 43.8 Å². The number of nitrogens with one attached hydrogen (secondary N) is 1. The molecule has 1 heterocycles. The molecule has 0 spiro atoms. The minimum Gasteiger partial charge on any atom is -0.378 e. The van der Waals surface area contributed by atoms with Gasteiger partial charge >= 0.3 is 12.4 Å². The van der Waals surface area contributed by atoms with Gasteiger partial charge < -0.3 is 15.0 Å². The lowest BCUT2D eigenvalue weighted by atomic mass is 9.96. The van der Waals surface area contributed by atoms with Crippen molar-refractivity contribution >= 4 is 29.0 Å². The number of rotatable bonds is 9. The first-order valence-electron chi connectivity index (χ1n) is 12.5. The minimum atomic E-state index is -5.49. The summed E-state index contributed by atoms with van der Waals surface area (Å²) in [6.07, 6.45) is -8.86. The van der Waals surface area contributed by atoms with Gasteiger partial charge in [-0.25, -0.2) is 4.39 Å². The van der Waals surface area contributed by atoms with Crippen LogP contribution in [0, 0.1) is 5.82 Å². The highest BCUT2D eigenvalue weighted by atomic mass is 32.2. The molecule has 1 N–H and O–H groups in total. The highest BCUT2D eigenvalue weighted by Gasteiger charge is 2.47. The summed E-state index contributed by atoms with van der Waals surface area (Å²) in [4.78, 5) is 26.1. The van der Waals surface area contributed by atoms with Gasteiger partial charge in [-0.2, -0.15) is 26.3 Å². The maximum atomic E-state index is 14.2. The van der Waals surface area contributed by atoms with Crippen LogP contribution < -0.4 is 5.32 Å². The van der Waals surface area contributed by atoms with E-state index in [9.17, 15) is 40.3 Å². The first-order chi connectivity index (χ1) is 19.8. The molecule has 0 saturated carbocycles. The molecular weight excluding hydrogens is 589 g/mol. The summed E-state index contributed by atoms with van der Waals surface area (Å²) < 4.78 is 104. The largest absolute Gasteiger partial charge is 0.418 e. The normalized spacial score (nSPS) is 14.3. The van der Waals surface area contributed by atoms with E-state index in [4.69, 9.17) is 4.74 Å². The third-order valence-electron chi connectivity index (χ3n) is 6.14. The lowest BCUT2D eigenvalue weighted by Crippen LogP contribution is -2.32. The Kier molecular flexibility index (Phi) is 9.62. The molecule has 42 heavy (non-hydrogen) atoms. The van der Waals surface area contributed by atoms with Crippen LogP contribution in [0.4, 0.5) is 36.4 Å². The second-order valence-corrected chi connectivity index (χ2v) is 10.2. The Hall–Kier alpha value is -3.84. The van der Waals surface area contributed by atoms with E-state index in [1.807, 2.05) is 0 Å². The molecule has 0 atom stereocenters. The fourth-order valence-electron chi connectivity index (χ4n) is 4.18. The van der Waals surface area contributed by atoms with Crippen LogP contribution in [0.2, 0.25) is 0 Å². The maximum Gasteiger partial charge on any atom is 0.418 e. The molecule has 4 rings (SSSR count). The standard InChI is InChI=1S/C29H23F7N2O3S/c30-19-4-1-3-18(15-19)24(40)17-37-20-5-2-6-21(16-20)42-25-8-7-22(23(39)9-10-38-11-13-41-14-12-38)26(28(31,32)33)27(25)29(34,35)36/h1-10,15-16,37H,11-14,17H2. The van der Waals surface area contributed by atoms with Gasteiger partial charge in [0.15, 0.2) is 11.6 Å². The Morgan fingerprint density at radius 2 is 1.60 bits per heavy atom. The molecule has 222 valence electrons. The summed E-state index contributed by atoms with van der Waals surface area (Å²) in [7, 11) is 0. The Labute approximate surface area is 240 Å². The zero-order valence-electron chi connectivity index (χ0n) is 21.7. The molecule has 0 amide bonds. The molecule has 0 aromatic heterocycles. The van der Waals surface area contributed by atoms with E-state index in [1.165, 1.54) is 48.7 Å². The van der Waals surface area contributed by atoms with Gasteiger partial charge in [-0.1, -0.05) is 30.0 Å². The molecule has 0 aliphatic carbocycles. The predicted molar refractivity (Wildman–Crippen MR) is 142 cm³/mol. The van der Waals surface area contributed by atoms with Gasteiger partial charge in [0.1, 0.15) is 5.82 Å². The average molecular weight is 613 g/mol. The van der Waals surface area contributed by atoms with E-state index >= 15 is 0 Å². The van der Waals surface area contributed by atoms with E-state index in [-0.39, 0.29) is 17.0 Å². The second kappa shape index (κ2) is 13.0. The van der Waals surface area contributed by atoms with E-state index in [0.717, 1.165) is 24.3 Å². The number of ether oxygens (including phenoxy) is 1. The predicted octanol–water partition coefficient (Wildman–Crippen LogP) is 7.34. The average Bonchev–Trinajstić information content (AvgIpc) is 2.94. The molecule has 13 heteroatoms. The van der Waals surface area contributed by atoms with Crippen LogP contribution in [0.3, 0.4) is 0 Å². The molecular formula is C29H23F7N2O3S. The topological polar surface area (TPSA) is 58.6 Å². The number of Topliss-reactive ketones (excluding diaryl/α,β-unsaturated/α-hetero) is 1.